The van der Waals surface area contributed by atoms with Crippen LogP contribution >= 0.6 is 0 Å². The Morgan fingerprint density at radius 2 is 2.11 bits per heavy atom. The lowest BCUT2D eigenvalue weighted by molar-refractivity contribution is -0.119. The molecule has 1 amide bonds. The number of rotatable bonds is 6. The summed E-state index contributed by atoms with van der Waals surface area (Å²) in [6.45, 7) is 2.78. The van der Waals surface area contributed by atoms with Crippen molar-refractivity contribution in [1.82, 2.24) is 20.3 Å². The Balaban J connectivity index is 2.92. The molecule has 100 valence electrons. The fourth-order valence-corrected chi connectivity index (χ4v) is 1.21. The summed E-state index contributed by atoms with van der Waals surface area (Å²) in [5, 5.41) is 5.51. The predicted octanol–water partition coefficient (Wildman–Crippen LogP) is -0.506. The second-order valence-electron chi connectivity index (χ2n) is 3.51. The van der Waals surface area contributed by atoms with Gasteiger partial charge in [-0.1, -0.05) is 0 Å². The molecule has 18 heavy (non-hydrogen) atoms. The zero-order valence-electron chi connectivity index (χ0n) is 11.0. The lowest BCUT2D eigenvalue weighted by Gasteiger charge is -2.16. The van der Waals surface area contributed by atoms with Gasteiger partial charge in [-0.2, -0.15) is 15.0 Å². The highest BCUT2D eigenvalue weighted by Gasteiger charge is 2.12. The van der Waals surface area contributed by atoms with E-state index < -0.39 is 0 Å². The number of aromatic nitrogens is 3. The van der Waals surface area contributed by atoms with Gasteiger partial charge in [-0.15, -0.1) is 0 Å². The van der Waals surface area contributed by atoms with Crippen LogP contribution in [0.15, 0.2) is 0 Å². The molecule has 0 aromatic carbocycles. The Morgan fingerprint density at radius 3 is 2.67 bits per heavy atom. The molecule has 0 fully saturated rings. The molecule has 2 N–H and O–H groups in total. The Bertz CT molecular complexity index is 411. The molecular formula is C10H18N6O2. The van der Waals surface area contributed by atoms with E-state index in [0.717, 1.165) is 0 Å². The van der Waals surface area contributed by atoms with Gasteiger partial charge in [0.1, 0.15) is 0 Å². The Morgan fingerprint density at radius 1 is 1.39 bits per heavy atom. The minimum absolute atomic E-state index is 0.123. The standard InChI is InChI=1S/C10H18N6O2/c1-5-12-8-13-9(15-10(14-8)18-4)16(3)6-7(17)11-2/h5-6H2,1-4H3,(H,11,17)(H,12,13,14,15). The molecule has 0 unspecified atom stereocenters. The normalized spacial score (nSPS) is 9.78. The van der Waals surface area contributed by atoms with Crippen LogP contribution in [0.5, 0.6) is 6.01 Å². The third kappa shape index (κ3) is 3.72. The van der Waals surface area contributed by atoms with Crippen LogP contribution in [0.1, 0.15) is 6.92 Å². The van der Waals surface area contributed by atoms with Crippen LogP contribution in [0, 0.1) is 0 Å². The molecule has 1 aromatic rings. The van der Waals surface area contributed by atoms with Gasteiger partial charge in [0.05, 0.1) is 13.7 Å². The molecule has 0 atom stereocenters. The molecule has 0 aliphatic heterocycles. The van der Waals surface area contributed by atoms with Gasteiger partial charge in [-0.3, -0.25) is 4.79 Å². The molecule has 0 bridgehead atoms. The van der Waals surface area contributed by atoms with Gasteiger partial charge in [-0.05, 0) is 6.92 Å². The van der Waals surface area contributed by atoms with Crippen LogP contribution in [0.25, 0.3) is 0 Å². The molecule has 0 spiro atoms. The van der Waals surface area contributed by atoms with Gasteiger partial charge in [0, 0.05) is 20.6 Å². The van der Waals surface area contributed by atoms with E-state index in [1.165, 1.54) is 7.11 Å². The number of hydrogen-bond acceptors (Lipinski definition) is 7. The van der Waals surface area contributed by atoms with E-state index in [4.69, 9.17) is 4.74 Å². The molecule has 0 aliphatic rings. The van der Waals surface area contributed by atoms with E-state index in [-0.39, 0.29) is 18.5 Å². The number of amides is 1. The molecular weight excluding hydrogens is 236 g/mol. The van der Waals surface area contributed by atoms with Gasteiger partial charge in [0.25, 0.3) is 0 Å². The van der Waals surface area contributed by atoms with Gasteiger partial charge < -0.3 is 20.3 Å². The molecule has 1 heterocycles. The zero-order chi connectivity index (χ0) is 13.5. The lowest BCUT2D eigenvalue weighted by Crippen LogP contribution is -2.34. The van der Waals surface area contributed by atoms with Crippen molar-refractivity contribution in [2.24, 2.45) is 0 Å². The Hall–Kier alpha value is -2.12. The molecule has 8 heteroatoms. The molecule has 0 saturated heterocycles. The van der Waals surface area contributed by atoms with Crippen molar-refractivity contribution in [3.05, 3.63) is 0 Å². The van der Waals surface area contributed by atoms with E-state index in [9.17, 15) is 4.79 Å². The maximum atomic E-state index is 11.3. The number of ether oxygens (including phenoxy) is 1. The first kappa shape index (κ1) is 13.9. The van der Waals surface area contributed by atoms with Crippen LogP contribution < -0.4 is 20.3 Å². The first-order valence-corrected chi connectivity index (χ1v) is 5.56. The van der Waals surface area contributed by atoms with Crippen molar-refractivity contribution in [2.75, 3.05) is 44.5 Å². The smallest absolute Gasteiger partial charge is 0.322 e. The monoisotopic (exact) mass is 254 g/mol. The number of nitrogens with one attached hydrogen (secondary N) is 2. The Labute approximate surface area is 106 Å². The van der Waals surface area contributed by atoms with Crippen molar-refractivity contribution in [3.63, 3.8) is 0 Å². The fourth-order valence-electron chi connectivity index (χ4n) is 1.21. The maximum Gasteiger partial charge on any atom is 0.322 e. The summed E-state index contributed by atoms with van der Waals surface area (Å²) in [6.07, 6.45) is 0. The first-order valence-electron chi connectivity index (χ1n) is 5.56. The highest BCUT2D eigenvalue weighted by molar-refractivity contribution is 5.80. The Kier molecular flexibility index (Phi) is 5.09. The van der Waals surface area contributed by atoms with Gasteiger partial charge >= 0.3 is 6.01 Å². The minimum Gasteiger partial charge on any atom is -0.467 e. The lowest BCUT2D eigenvalue weighted by atomic mass is 10.5. The number of carbonyl (C=O) groups is 1. The van der Waals surface area contributed by atoms with Crippen LogP contribution in [0.2, 0.25) is 0 Å². The second-order valence-corrected chi connectivity index (χ2v) is 3.51. The average Bonchev–Trinajstić information content (AvgIpc) is 2.38. The summed E-state index contributed by atoms with van der Waals surface area (Å²) >= 11 is 0. The molecule has 0 saturated carbocycles. The van der Waals surface area contributed by atoms with Crippen molar-refractivity contribution >= 4 is 17.8 Å². The van der Waals surface area contributed by atoms with Crippen molar-refractivity contribution < 1.29 is 9.53 Å². The summed E-state index contributed by atoms with van der Waals surface area (Å²) in [5.41, 5.74) is 0. The second kappa shape index (κ2) is 6.58. The predicted molar refractivity (Wildman–Crippen MR) is 67.9 cm³/mol. The molecule has 0 aliphatic carbocycles. The quantitative estimate of drug-likeness (QED) is 0.706. The van der Waals surface area contributed by atoms with E-state index in [1.807, 2.05) is 6.92 Å². The van der Waals surface area contributed by atoms with Crippen molar-refractivity contribution in [2.45, 2.75) is 6.92 Å². The zero-order valence-corrected chi connectivity index (χ0v) is 11.0. The first-order chi connectivity index (χ1) is 8.60. The highest BCUT2D eigenvalue weighted by Crippen LogP contribution is 2.13. The summed E-state index contributed by atoms with van der Waals surface area (Å²) in [7, 11) is 4.78. The summed E-state index contributed by atoms with van der Waals surface area (Å²) in [5.74, 6) is 0.673. The fraction of sp³-hybridized carbons (Fsp3) is 0.600. The number of methoxy groups -OCH3 is 1. The molecule has 1 aromatic heterocycles. The summed E-state index contributed by atoms with van der Waals surface area (Å²) < 4.78 is 4.99. The topological polar surface area (TPSA) is 92.3 Å². The largest absolute Gasteiger partial charge is 0.467 e. The van der Waals surface area contributed by atoms with Crippen molar-refractivity contribution in [3.8, 4) is 6.01 Å². The number of hydrogen-bond donors (Lipinski definition) is 2. The van der Waals surface area contributed by atoms with Crippen molar-refractivity contribution in [1.29, 1.82) is 0 Å². The van der Waals surface area contributed by atoms with Crippen LogP contribution in [-0.4, -0.2) is 55.2 Å². The summed E-state index contributed by atoms with van der Waals surface area (Å²) in [6, 6.07) is 0.208. The van der Waals surface area contributed by atoms with E-state index >= 15 is 0 Å². The number of anilines is 2. The third-order valence-corrected chi connectivity index (χ3v) is 2.12. The third-order valence-electron chi connectivity index (χ3n) is 2.12. The van der Waals surface area contributed by atoms with Crippen LogP contribution in [-0.2, 0) is 4.79 Å². The van der Waals surface area contributed by atoms with Gasteiger partial charge in [0.2, 0.25) is 17.8 Å². The number of carbonyl (C=O) groups excluding carboxylic acids is 1. The van der Waals surface area contributed by atoms with E-state index in [0.29, 0.717) is 18.4 Å². The maximum absolute atomic E-state index is 11.3. The SMILES string of the molecule is CCNc1nc(OC)nc(N(C)CC(=O)NC)n1. The van der Waals surface area contributed by atoms with E-state index in [2.05, 4.69) is 25.6 Å². The summed E-state index contributed by atoms with van der Waals surface area (Å²) in [4.78, 5) is 25.2. The molecule has 1 rings (SSSR count). The number of likely N-dealkylation sites (N-methyl/N-ethyl adjacent to an activating group) is 2. The van der Waals surface area contributed by atoms with Crippen LogP contribution in [0.4, 0.5) is 11.9 Å². The van der Waals surface area contributed by atoms with Gasteiger partial charge in [-0.25, -0.2) is 0 Å². The highest BCUT2D eigenvalue weighted by atomic mass is 16.5. The molecule has 8 nitrogen and oxygen atoms in total. The molecule has 0 radical (unpaired) electrons. The minimum atomic E-state index is -0.123. The van der Waals surface area contributed by atoms with Crippen LogP contribution in [0.3, 0.4) is 0 Å². The van der Waals surface area contributed by atoms with E-state index in [1.54, 1.807) is 19.0 Å². The van der Waals surface area contributed by atoms with Gasteiger partial charge in [0.15, 0.2) is 0 Å². The average molecular weight is 254 g/mol. The number of nitrogens with zero attached hydrogens (tertiary/aromatic N) is 4.